The lowest BCUT2D eigenvalue weighted by atomic mass is 10.1. The van der Waals surface area contributed by atoms with E-state index in [1.807, 2.05) is 38.1 Å². The van der Waals surface area contributed by atoms with E-state index >= 15 is 0 Å². The van der Waals surface area contributed by atoms with Crippen LogP contribution in [0.2, 0.25) is 0 Å². The summed E-state index contributed by atoms with van der Waals surface area (Å²) in [6.07, 6.45) is 0. The van der Waals surface area contributed by atoms with Gasteiger partial charge in [-0.3, -0.25) is 4.57 Å². The van der Waals surface area contributed by atoms with Gasteiger partial charge in [0.25, 0.3) is 0 Å². The highest BCUT2D eigenvalue weighted by molar-refractivity contribution is 7.71. The van der Waals surface area contributed by atoms with Gasteiger partial charge in [0.15, 0.2) is 4.77 Å². The fourth-order valence-electron chi connectivity index (χ4n) is 2.45. The molecule has 0 aliphatic rings. The molecular formula is C15H13FN2S. The minimum atomic E-state index is -0.264. The number of aromatic amines is 1. The first kappa shape index (κ1) is 12.1. The van der Waals surface area contributed by atoms with Crippen molar-refractivity contribution in [2.75, 3.05) is 0 Å². The Hall–Kier alpha value is -1.94. The van der Waals surface area contributed by atoms with Crippen molar-refractivity contribution in [2.45, 2.75) is 13.8 Å². The van der Waals surface area contributed by atoms with Crippen LogP contribution < -0.4 is 0 Å². The van der Waals surface area contributed by atoms with Gasteiger partial charge in [0, 0.05) is 0 Å². The summed E-state index contributed by atoms with van der Waals surface area (Å²) in [4.78, 5) is 3.13. The summed E-state index contributed by atoms with van der Waals surface area (Å²) < 4.78 is 16.5. The molecule has 0 amide bonds. The molecule has 1 heterocycles. The summed E-state index contributed by atoms with van der Waals surface area (Å²) in [5, 5.41) is 0. The summed E-state index contributed by atoms with van der Waals surface area (Å²) in [7, 11) is 0. The average molecular weight is 272 g/mol. The second-order valence-electron chi connectivity index (χ2n) is 4.64. The Kier molecular flexibility index (Phi) is 2.75. The molecule has 0 saturated carbocycles. The maximum Gasteiger partial charge on any atom is 0.182 e. The number of fused-ring (bicyclic) bond motifs is 1. The van der Waals surface area contributed by atoms with Gasteiger partial charge in [-0.2, -0.15) is 0 Å². The molecule has 0 spiro atoms. The van der Waals surface area contributed by atoms with E-state index in [0.717, 1.165) is 22.2 Å². The molecule has 1 aromatic heterocycles. The first-order valence-electron chi connectivity index (χ1n) is 6.05. The number of benzene rings is 2. The quantitative estimate of drug-likeness (QED) is 0.649. The summed E-state index contributed by atoms with van der Waals surface area (Å²) in [6.45, 7) is 3.88. The Bertz CT molecular complexity index is 810. The van der Waals surface area contributed by atoms with E-state index in [9.17, 15) is 4.39 Å². The van der Waals surface area contributed by atoms with Gasteiger partial charge in [-0.1, -0.05) is 24.3 Å². The van der Waals surface area contributed by atoms with Crippen molar-refractivity contribution in [3.05, 3.63) is 58.1 Å². The number of nitrogens with zero attached hydrogens (tertiary/aromatic N) is 1. The Morgan fingerprint density at radius 2 is 1.74 bits per heavy atom. The van der Waals surface area contributed by atoms with Gasteiger partial charge in [-0.05, 0) is 49.3 Å². The number of halogens is 1. The van der Waals surface area contributed by atoms with Crippen LogP contribution in [0.5, 0.6) is 0 Å². The molecule has 0 atom stereocenters. The third kappa shape index (κ3) is 1.79. The number of aryl methyl sites for hydroxylation is 2. The number of hydrogen-bond donors (Lipinski definition) is 1. The number of rotatable bonds is 1. The SMILES string of the molecule is Cc1cccc(F)c1-n1c(=S)[nH]c2cccc(C)c21. The van der Waals surface area contributed by atoms with Gasteiger partial charge in [0.1, 0.15) is 5.82 Å². The molecule has 2 aromatic carbocycles. The number of hydrogen-bond acceptors (Lipinski definition) is 1. The lowest BCUT2D eigenvalue weighted by Gasteiger charge is -2.10. The highest BCUT2D eigenvalue weighted by Gasteiger charge is 2.14. The van der Waals surface area contributed by atoms with Crippen LogP contribution in [0.3, 0.4) is 0 Å². The zero-order chi connectivity index (χ0) is 13.6. The van der Waals surface area contributed by atoms with E-state index in [2.05, 4.69) is 4.98 Å². The molecule has 0 unspecified atom stereocenters. The summed E-state index contributed by atoms with van der Waals surface area (Å²) in [5.41, 5.74) is 4.30. The van der Waals surface area contributed by atoms with Crippen LogP contribution in [0.4, 0.5) is 4.39 Å². The first-order chi connectivity index (χ1) is 9.09. The topological polar surface area (TPSA) is 20.7 Å². The predicted molar refractivity (Wildman–Crippen MR) is 77.9 cm³/mol. The van der Waals surface area contributed by atoms with Crippen molar-refractivity contribution in [3.8, 4) is 5.69 Å². The maximum atomic E-state index is 14.2. The molecular weight excluding hydrogens is 259 g/mol. The summed E-state index contributed by atoms with van der Waals surface area (Å²) in [5.74, 6) is -0.264. The number of aromatic nitrogens is 2. The Morgan fingerprint density at radius 3 is 2.47 bits per heavy atom. The maximum absolute atomic E-state index is 14.2. The lowest BCUT2D eigenvalue weighted by Crippen LogP contribution is -2.01. The molecule has 0 radical (unpaired) electrons. The molecule has 3 rings (SSSR count). The fourth-order valence-corrected chi connectivity index (χ4v) is 2.74. The molecule has 0 saturated heterocycles. The Balaban J connectivity index is 2.50. The van der Waals surface area contributed by atoms with Crippen LogP contribution in [0, 0.1) is 24.4 Å². The second-order valence-corrected chi connectivity index (χ2v) is 5.03. The van der Waals surface area contributed by atoms with Crippen molar-refractivity contribution >= 4 is 23.3 Å². The highest BCUT2D eigenvalue weighted by atomic mass is 32.1. The molecule has 4 heteroatoms. The zero-order valence-electron chi connectivity index (χ0n) is 10.7. The van der Waals surface area contributed by atoms with Crippen molar-refractivity contribution in [1.29, 1.82) is 0 Å². The second kappa shape index (κ2) is 4.31. The van der Waals surface area contributed by atoms with E-state index in [1.165, 1.54) is 6.07 Å². The van der Waals surface area contributed by atoms with Crippen LogP contribution in [-0.2, 0) is 0 Å². The van der Waals surface area contributed by atoms with Crippen molar-refractivity contribution < 1.29 is 4.39 Å². The fraction of sp³-hybridized carbons (Fsp3) is 0.133. The molecule has 0 aliphatic carbocycles. The minimum absolute atomic E-state index is 0.264. The van der Waals surface area contributed by atoms with Crippen molar-refractivity contribution in [2.24, 2.45) is 0 Å². The first-order valence-corrected chi connectivity index (χ1v) is 6.46. The smallest absolute Gasteiger partial charge is 0.182 e. The van der Waals surface area contributed by atoms with E-state index in [1.54, 1.807) is 10.6 Å². The van der Waals surface area contributed by atoms with Crippen molar-refractivity contribution in [1.82, 2.24) is 9.55 Å². The van der Waals surface area contributed by atoms with Gasteiger partial charge >= 0.3 is 0 Å². The molecule has 19 heavy (non-hydrogen) atoms. The monoisotopic (exact) mass is 272 g/mol. The molecule has 0 fully saturated rings. The van der Waals surface area contributed by atoms with Crippen LogP contribution in [0.25, 0.3) is 16.7 Å². The Morgan fingerprint density at radius 1 is 1.05 bits per heavy atom. The molecule has 0 aliphatic heterocycles. The van der Waals surface area contributed by atoms with Crippen LogP contribution >= 0.6 is 12.2 Å². The predicted octanol–water partition coefficient (Wildman–Crippen LogP) is 4.44. The average Bonchev–Trinajstić information content (AvgIpc) is 2.67. The van der Waals surface area contributed by atoms with Gasteiger partial charge in [0.2, 0.25) is 0 Å². The van der Waals surface area contributed by atoms with Crippen LogP contribution in [0.1, 0.15) is 11.1 Å². The standard InChI is InChI=1S/C15H13FN2S/c1-9-5-3-7-11(16)13(9)18-14-10(2)6-4-8-12(14)17-15(18)19/h3-8H,1-2H3,(H,17,19). The van der Waals surface area contributed by atoms with Gasteiger partial charge < -0.3 is 4.98 Å². The minimum Gasteiger partial charge on any atom is -0.330 e. The highest BCUT2D eigenvalue weighted by Crippen LogP contribution is 2.26. The van der Waals surface area contributed by atoms with E-state index in [-0.39, 0.29) is 5.82 Å². The van der Waals surface area contributed by atoms with E-state index < -0.39 is 0 Å². The molecule has 1 N–H and O–H groups in total. The zero-order valence-corrected chi connectivity index (χ0v) is 11.5. The number of para-hydroxylation sites is 2. The van der Waals surface area contributed by atoms with Gasteiger partial charge in [0.05, 0.1) is 16.7 Å². The Labute approximate surface area is 115 Å². The van der Waals surface area contributed by atoms with Crippen LogP contribution in [0.15, 0.2) is 36.4 Å². The van der Waals surface area contributed by atoms with Crippen LogP contribution in [-0.4, -0.2) is 9.55 Å². The third-order valence-corrected chi connectivity index (χ3v) is 3.60. The van der Waals surface area contributed by atoms with E-state index in [4.69, 9.17) is 12.2 Å². The summed E-state index contributed by atoms with van der Waals surface area (Å²) in [6, 6.07) is 11.0. The number of nitrogens with one attached hydrogen (secondary N) is 1. The van der Waals surface area contributed by atoms with E-state index in [0.29, 0.717) is 10.5 Å². The molecule has 2 nitrogen and oxygen atoms in total. The molecule has 3 aromatic rings. The molecule has 96 valence electrons. The van der Waals surface area contributed by atoms with Gasteiger partial charge in [-0.15, -0.1) is 0 Å². The summed E-state index contributed by atoms with van der Waals surface area (Å²) >= 11 is 5.35. The lowest BCUT2D eigenvalue weighted by molar-refractivity contribution is 0.617. The van der Waals surface area contributed by atoms with Crippen molar-refractivity contribution in [3.63, 3.8) is 0 Å². The molecule has 0 bridgehead atoms. The number of H-pyrrole nitrogens is 1. The largest absolute Gasteiger partial charge is 0.330 e. The number of imidazole rings is 1. The normalized spacial score (nSPS) is 11.1. The third-order valence-electron chi connectivity index (χ3n) is 3.32. The van der Waals surface area contributed by atoms with Gasteiger partial charge in [-0.25, -0.2) is 4.39 Å².